The molecule has 0 saturated carbocycles. The zero-order valence-electron chi connectivity index (χ0n) is 13.6. The molecular weight excluding hydrogens is 326 g/mol. The molecule has 5 heteroatoms. The number of anilines is 1. The van der Waals surface area contributed by atoms with E-state index in [9.17, 15) is 9.59 Å². The van der Waals surface area contributed by atoms with E-state index >= 15 is 0 Å². The number of benzene rings is 2. The molecule has 1 fully saturated rings. The number of aryl methyl sites for hydroxylation is 2. The summed E-state index contributed by atoms with van der Waals surface area (Å²) >= 11 is 5.87. The van der Waals surface area contributed by atoms with E-state index in [0.717, 1.165) is 16.8 Å². The molecule has 1 aliphatic rings. The van der Waals surface area contributed by atoms with Crippen LogP contribution in [0.5, 0.6) is 5.75 Å². The first-order valence-electron chi connectivity index (χ1n) is 7.78. The van der Waals surface area contributed by atoms with Crippen LogP contribution in [0, 0.1) is 19.8 Å². The molecule has 2 aromatic carbocycles. The van der Waals surface area contributed by atoms with Crippen LogP contribution in [0.2, 0.25) is 5.02 Å². The fourth-order valence-corrected chi connectivity index (χ4v) is 3.05. The molecule has 0 spiro atoms. The normalized spacial score (nSPS) is 17.2. The predicted molar refractivity (Wildman–Crippen MR) is 93.5 cm³/mol. The van der Waals surface area contributed by atoms with Gasteiger partial charge in [0.15, 0.2) is 0 Å². The van der Waals surface area contributed by atoms with Gasteiger partial charge in [0, 0.05) is 23.7 Å². The number of rotatable bonds is 3. The molecule has 1 atom stereocenters. The zero-order valence-corrected chi connectivity index (χ0v) is 14.3. The Morgan fingerprint density at radius 1 is 1.12 bits per heavy atom. The van der Waals surface area contributed by atoms with Crippen molar-refractivity contribution in [3.63, 3.8) is 0 Å². The minimum Gasteiger partial charge on any atom is -0.426 e. The number of halogens is 1. The van der Waals surface area contributed by atoms with Crippen LogP contribution in [0.1, 0.15) is 17.5 Å². The molecule has 1 saturated heterocycles. The van der Waals surface area contributed by atoms with Gasteiger partial charge in [0.2, 0.25) is 5.91 Å². The molecule has 24 heavy (non-hydrogen) atoms. The van der Waals surface area contributed by atoms with E-state index in [4.69, 9.17) is 16.3 Å². The highest BCUT2D eigenvalue weighted by Crippen LogP contribution is 2.27. The van der Waals surface area contributed by atoms with E-state index in [0.29, 0.717) is 17.3 Å². The molecule has 2 aromatic rings. The SMILES string of the molecule is Cc1cc(C)cc(OC(=O)[C@@H]2CC(=O)N(c3ccc(Cl)cc3)C2)c1. The summed E-state index contributed by atoms with van der Waals surface area (Å²) < 4.78 is 5.47. The molecule has 0 aliphatic carbocycles. The van der Waals surface area contributed by atoms with Crippen LogP contribution in [-0.4, -0.2) is 18.4 Å². The van der Waals surface area contributed by atoms with E-state index in [1.807, 2.05) is 32.0 Å². The molecule has 124 valence electrons. The fraction of sp³-hybridized carbons (Fsp3) is 0.263. The minimum atomic E-state index is -0.464. The van der Waals surface area contributed by atoms with Crippen LogP contribution in [0.3, 0.4) is 0 Å². The number of nitrogens with zero attached hydrogens (tertiary/aromatic N) is 1. The van der Waals surface area contributed by atoms with E-state index in [-0.39, 0.29) is 18.3 Å². The van der Waals surface area contributed by atoms with Crippen molar-refractivity contribution in [3.05, 3.63) is 58.6 Å². The molecular formula is C19H18ClNO3. The summed E-state index contributed by atoms with van der Waals surface area (Å²) in [5.41, 5.74) is 2.80. The van der Waals surface area contributed by atoms with Crippen LogP contribution < -0.4 is 9.64 Å². The van der Waals surface area contributed by atoms with Crippen molar-refractivity contribution >= 4 is 29.2 Å². The van der Waals surface area contributed by atoms with Gasteiger partial charge in [-0.05, 0) is 61.4 Å². The highest BCUT2D eigenvalue weighted by atomic mass is 35.5. The maximum atomic E-state index is 12.4. The Hall–Kier alpha value is -2.33. The zero-order chi connectivity index (χ0) is 17.3. The average Bonchev–Trinajstić information content (AvgIpc) is 2.89. The molecule has 3 rings (SSSR count). The van der Waals surface area contributed by atoms with Gasteiger partial charge in [-0.2, -0.15) is 0 Å². The van der Waals surface area contributed by atoms with Crippen molar-refractivity contribution in [2.45, 2.75) is 20.3 Å². The average molecular weight is 344 g/mol. The standard InChI is InChI=1S/C19H18ClNO3/c1-12-7-13(2)9-17(8-12)24-19(23)14-10-18(22)21(11-14)16-5-3-15(20)4-6-16/h3-9,14H,10-11H2,1-2H3/t14-/m1/s1. The first-order valence-corrected chi connectivity index (χ1v) is 8.16. The molecule has 1 aliphatic heterocycles. The molecule has 1 heterocycles. The van der Waals surface area contributed by atoms with Crippen molar-refractivity contribution in [2.75, 3.05) is 11.4 Å². The molecule has 1 amide bonds. The van der Waals surface area contributed by atoms with Gasteiger partial charge in [0.1, 0.15) is 5.75 Å². The summed E-state index contributed by atoms with van der Waals surface area (Å²) in [6.07, 6.45) is 0.159. The second-order valence-electron chi connectivity index (χ2n) is 6.13. The second-order valence-corrected chi connectivity index (χ2v) is 6.56. The quantitative estimate of drug-likeness (QED) is 0.627. The molecule has 0 unspecified atom stereocenters. The van der Waals surface area contributed by atoms with Crippen molar-refractivity contribution in [1.82, 2.24) is 0 Å². The van der Waals surface area contributed by atoms with Crippen LogP contribution in [0.25, 0.3) is 0 Å². The highest BCUT2D eigenvalue weighted by Gasteiger charge is 2.36. The van der Waals surface area contributed by atoms with Gasteiger partial charge in [-0.1, -0.05) is 17.7 Å². The molecule has 0 aromatic heterocycles. The lowest BCUT2D eigenvalue weighted by Gasteiger charge is -2.16. The molecule has 0 bridgehead atoms. The Labute approximate surface area is 146 Å². The predicted octanol–water partition coefficient (Wildman–Crippen LogP) is 3.92. The van der Waals surface area contributed by atoms with E-state index in [2.05, 4.69) is 0 Å². The van der Waals surface area contributed by atoms with Crippen LogP contribution in [-0.2, 0) is 9.59 Å². The van der Waals surface area contributed by atoms with Gasteiger partial charge in [-0.25, -0.2) is 0 Å². The number of carbonyl (C=O) groups is 2. The number of hydrogen-bond acceptors (Lipinski definition) is 3. The van der Waals surface area contributed by atoms with E-state index in [1.165, 1.54) is 0 Å². The van der Waals surface area contributed by atoms with Gasteiger partial charge in [-0.3, -0.25) is 9.59 Å². The Kier molecular flexibility index (Phi) is 4.58. The summed E-state index contributed by atoms with van der Waals surface area (Å²) in [7, 11) is 0. The van der Waals surface area contributed by atoms with Gasteiger partial charge in [-0.15, -0.1) is 0 Å². The van der Waals surface area contributed by atoms with Gasteiger partial charge in [0.25, 0.3) is 0 Å². The number of ether oxygens (including phenoxy) is 1. The molecule has 4 nitrogen and oxygen atoms in total. The molecule has 0 N–H and O–H groups in total. The number of carbonyl (C=O) groups excluding carboxylic acids is 2. The van der Waals surface area contributed by atoms with Crippen LogP contribution >= 0.6 is 11.6 Å². The Bertz CT molecular complexity index is 765. The number of hydrogen-bond donors (Lipinski definition) is 0. The van der Waals surface area contributed by atoms with Gasteiger partial charge in [0.05, 0.1) is 5.92 Å². The van der Waals surface area contributed by atoms with Gasteiger partial charge < -0.3 is 9.64 Å². The smallest absolute Gasteiger partial charge is 0.316 e. The minimum absolute atomic E-state index is 0.0836. The maximum Gasteiger partial charge on any atom is 0.316 e. The summed E-state index contributed by atoms with van der Waals surface area (Å²) in [5.74, 6) is -0.395. The number of esters is 1. The Morgan fingerprint density at radius 2 is 1.75 bits per heavy atom. The molecule has 0 radical (unpaired) electrons. The lowest BCUT2D eigenvalue weighted by molar-refractivity contribution is -0.139. The van der Waals surface area contributed by atoms with Crippen molar-refractivity contribution < 1.29 is 14.3 Å². The lowest BCUT2D eigenvalue weighted by atomic mass is 10.1. The van der Waals surface area contributed by atoms with Crippen LogP contribution in [0.4, 0.5) is 5.69 Å². The summed E-state index contributed by atoms with van der Waals surface area (Å²) in [6.45, 7) is 4.22. The maximum absolute atomic E-state index is 12.4. The third kappa shape index (κ3) is 3.60. The lowest BCUT2D eigenvalue weighted by Crippen LogP contribution is -2.27. The van der Waals surface area contributed by atoms with Crippen LogP contribution in [0.15, 0.2) is 42.5 Å². The van der Waals surface area contributed by atoms with Gasteiger partial charge >= 0.3 is 5.97 Å². The summed E-state index contributed by atoms with van der Waals surface area (Å²) in [6, 6.07) is 12.7. The van der Waals surface area contributed by atoms with Crippen molar-refractivity contribution in [3.8, 4) is 5.75 Å². The second kappa shape index (κ2) is 6.65. The third-order valence-electron chi connectivity index (χ3n) is 4.01. The Morgan fingerprint density at radius 3 is 2.38 bits per heavy atom. The van der Waals surface area contributed by atoms with Crippen molar-refractivity contribution in [1.29, 1.82) is 0 Å². The summed E-state index contributed by atoms with van der Waals surface area (Å²) in [4.78, 5) is 26.2. The highest BCUT2D eigenvalue weighted by molar-refractivity contribution is 6.30. The first-order chi connectivity index (χ1) is 11.4. The van der Waals surface area contributed by atoms with E-state index in [1.54, 1.807) is 29.2 Å². The van der Waals surface area contributed by atoms with Crippen molar-refractivity contribution in [2.24, 2.45) is 5.92 Å². The number of amides is 1. The third-order valence-corrected chi connectivity index (χ3v) is 4.26. The topological polar surface area (TPSA) is 46.6 Å². The summed E-state index contributed by atoms with van der Waals surface area (Å²) in [5, 5.41) is 0.608. The monoisotopic (exact) mass is 343 g/mol. The first kappa shape index (κ1) is 16.5. The Balaban J connectivity index is 1.70. The van der Waals surface area contributed by atoms with E-state index < -0.39 is 5.92 Å². The fourth-order valence-electron chi connectivity index (χ4n) is 2.93. The largest absolute Gasteiger partial charge is 0.426 e.